The van der Waals surface area contributed by atoms with Gasteiger partial charge in [0.2, 0.25) is 0 Å². The molecule has 1 unspecified atom stereocenters. The van der Waals surface area contributed by atoms with Crippen molar-refractivity contribution >= 4 is 15.5 Å². The molecule has 0 fully saturated rings. The Hall–Kier alpha value is -3.49. The molecule has 0 aliphatic carbocycles. The minimum atomic E-state index is -2.98. The predicted molar refractivity (Wildman–Crippen MR) is 133 cm³/mol. The van der Waals surface area contributed by atoms with Crippen molar-refractivity contribution in [3.05, 3.63) is 52.3 Å². The van der Waals surface area contributed by atoms with E-state index in [0.29, 0.717) is 22.7 Å². The van der Waals surface area contributed by atoms with Crippen LogP contribution in [0.3, 0.4) is 0 Å². The van der Waals surface area contributed by atoms with Gasteiger partial charge in [-0.1, -0.05) is 23.8 Å². The molecule has 11 heteroatoms. The number of hydrogen-bond acceptors (Lipinski definition) is 9. The topological polar surface area (TPSA) is 152 Å². The molecule has 2 atom stereocenters. The number of nitrogens with two attached hydrogens (primary N) is 1. The number of ether oxygens (including phenoxy) is 1. The average molecular weight is 496 g/mol. The fourth-order valence-corrected chi connectivity index (χ4v) is 6.25. The minimum Gasteiger partial charge on any atom is -0.482 e. The largest absolute Gasteiger partial charge is 0.482 e. The highest BCUT2D eigenvalue weighted by Gasteiger charge is 2.28. The maximum atomic E-state index is 14.4. The van der Waals surface area contributed by atoms with Crippen molar-refractivity contribution in [2.75, 3.05) is 12.3 Å². The Labute approximate surface area is 204 Å². The Kier molecular flexibility index (Phi) is 6.29. The average Bonchev–Trinajstić information content (AvgIpc) is 3.08. The highest BCUT2D eigenvalue weighted by Crippen LogP contribution is 2.35. The fourth-order valence-electron chi connectivity index (χ4n) is 4.03. The molecule has 0 spiro atoms. The van der Waals surface area contributed by atoms with Crippen LogP contribution in [-0.4, -0.2) is 41.4 Å². The van der Waals surface area contributed by atoms with Crippen LogP contribution in [0, 0.1) is 18.3 Å². The molecule has 4 rings (SSSR count). The summed E-state index contributed by atoms with van der Waals surface area (Å²) in [5.41, 5.74) is 9.04. The summed E-state index contributed by atoms with van der Waals surface area (Å²) in [7, 11) is -1.33. The second-order valence-electron chi connectivity index (χ2n) is 9.51. The van der Waals surface area contributed by atoms with E-state index in [1.54, 1.807) is 27.0 Å². The van der Waals surface area contributed by atoms with E-state index < -0.39 is 21.4 Å². The third kappa shape index (κ3) is 5.13. The van der Waals surface area contributed by atoms with Gasteiger partial charge in [-0.05, 0) is 38.8 Å². The molecule has 1 aromatic carbocycles. The number of rotatable bonds is 2. The second kappa shape index (κ2) is 8.94. The number of anilines is 1. The van der Waals surface area contributed by atoms with Crippen LogP contribution in [0.15, 0.2) is 28.6 Å². The Morgan fingerprint density at radius 1 is 1.34 bits per heavy atom. The van der Waals surface area contributed by atoms with E-state index in [1.807, 2.05) is 32.0 Å². The van der Waals surface area contributed by atoms with Crippen molar-refractivity contribution in [1.82, 2.24) is 20.0 Å². The predicted octanol–water partition coefficient (Wildman–Crippen LogP) is 3.03. The molecule has 3 heterocycles. The second-order valence-corrected chi connectivity index (χ2v) is 11.9. The maximum Gasteiger partial charge on any atom is 0.188 e. The van der Waals surface area contributed by atoms with Crippen molar-refractivity contribution < 1.29 is 14.1 Å². The molecule has 2 bridgehead atoms. The zero-order valence-electron chi connectivity index (χ0n) is 20.4. The Bertz CT molecular complexity index is 1460. The quantitative estimate of drug-likeness (QED) is 0.550. The molecule has 35 heavy (non-hydrogen) atoms. The SMILES string of the molecule is Cc1ccc2c(c1)[C@@H](C)Oc1cc(nnc1N)-c1c(nn(C)c1C#N)CS(=O)(=NCC(C)(C)O)C2. The molecule has 1 aliphatic rings. The first kappa shape index (κ1) is 24.6. The van der Waals surface area contributed by atoms with Crippen molar-refractivity contribution in [3.8, 4) is 23.1 Å². The number of nitrogen functional groups attached to an aromatic ring is 1. The number of nitriles is 1. The van der Waals surface area contributed by atoms with Crippen molar-refractivity contribution in [2.24, 2.45) is 11.4 Å². The monoisotopic (exact) mass is 495 g/mol. The number of aromatic nitrogens is 4. The summed E-state index contributed by atoms with van der Waals surface area (Å²) in [5, 5.41) is 32.9. The first-order valence-corrected chi connectivity index (χ1v) is 13.0. The van der Waals surface area contributed by atoms with Crippen LogP contribution in [-0.2, 0) is 28.3 Å². The number of aryl methyl sites for hydroxylation is 2. The van der Waals surface area contributed by atoms with Gasteiger partial charge in [-0.3, -0.25) is 4.68 Å². The van der Waals surface area contributed by atoms with Crippen LogP contribution in [0.5, 0.6) is 5.75 Å². The first-order valence-electron chi connectivity index (χ1n) is 11.2. The molecule has 184 valence electrons. The van der Waals surface area contributed by atoms with E-state index in [2.05, 4.69) is 25.7 Å². The van der Waals surface area contributed by atoms with E-state index in [4.69, 9.17) is 10.5 Å². The maximum absolute atomic E-state index is 14.4. The molecule has 0 radical (unpaired) electrons. The van der Waals surface area contributed by atoms with E-state index in [9.17, 15) is 14.6 Å². The molecule has 1 aliphatic heterocycles. The number of aliphatic hydroxyl groups is 1. The molecular weight excluding hydrogens is 466 g/mol. The van der Waals surface area contributed by atoms with Crippen molar-refractivity contribution in [2.45, 2.75) is 50.9 Å². The van der Waals surface area contributed by atoms with Gasteiger partial charge in [0.15, 0.2) is 11.6 Å². The summed E-state index contributed by atoms with van der Waals surface area (Å²) in [6, 6.07) is 9.65. The van der Waals surface area contributed by atoms with Gasteiger partial charge < -0.3 is 15.6 Å². The molecule has 0 saturated carbocycles. The Morgan fingerprint density at radius 3 is 2.77 bits per heavy atom. The summed E-state index contributed by atoms with van der Waals surface area (Å²) in [4.78, 5) is 0. The molecule has 3 aromatic rings. The lowest BCUT2D eigenvalue weighted by Crippen LogP contribution is -2.24. The van der Waals surface area contributed by atoms with Gasteiger partial charge in [0.25, 0.3) is 0 Å². The lowest BCUT2D eigenvalue weighted by molar-refractivity contribution is 0.0908. The third-order valence-corrected chi connectivity index (χ3v) is 7.83. The van der Waals surface area contributed by atoms with E-state index in [1.165, 1.54) is 4.68 Å². The molecule has 3 N–H and O–H groups in total. The highest BCUT2D eigenvalue weighted by molar-refractivity contribution is 7.92. The van der Waals surface area contributed by atoms with Gasteiger partial charge in [-0.25, -0.2) is 8.57 Å². The fraction of sp³-hybridized carbons (Fsp3) is 0.417. The summed E-state index contributed by atoms with van der Waals surface area (Å²) < 4.78 is 26.5. The molecule has 10 nitrogen and oxygen atoms in total. The summed E-state index contributed by atoms with van der Waals surface area (Å²) in [6.07, 6.45) is -0.439. The molecule has 0 amide bonds. The van der Waals surface area contributed by atoms with Crippen LogP contribution >= 0.6 is 0 Å². The lowest BCUT2D eigenvalue weighted by atomic mass is 10.0. The Morgan fingerprint density at radius 2 is 2.09 bits per heavy atom. The zero-order chi connectivity index (χ0) is 25.5. The summed E-state index contributed by atoms with van der Waals surface area (Å²) in [5.74, 6) is 0.554. The van der Waals surface area contributed by atoms with Crippen LogP contribution in [0.25, 0.3) is 11.3 Å². The number of hydrogen-bond donors (Lipinski definition) is 2. The van der Waals surface area contributed by atoms with Crippen LogP contribution < -0.4 is 10.5 Å². The van der Waals surface area contributed by atoms with Gasteiger partial charge in [0, 0.05) is 13.1 Å². The van der Waals surface area contributed by atoms with Gasteiger partial charge >= 0.3 is 0 Å². The van der Waals surface area contributed by atoms with Gasteiger partial charge in [-0.15, -0.1) is 10.2 Å². The Balaban J connectivity index is 2.02. The van der Waals surface area contributed by atoms with E-state index in [0.717, 1.165) is 16.7 Å². The smallest absolute Gasteiger partial charge is 0.188 e. The minimum absolute atomic E-state index is 0.0157. The standard InChI is InChI=1S/C24H29N7O3S/c1-14-6-7-16-11-35(33,27-13-24(3,4)32)12-19-22(20(10-25)31(5)30-19)18-9-21(23(26)29-28-18)34-15(2)17(16)8-14/h6-9,15,32H,11-13H2,1-5H3,(H2,26,29)/t15-,35?/m1/s1. The first-order chi connectivity index (χ1) is 16.4. The third-order valence-electron chi connectivity index (χ3n) is 5.74. The van der Waals surface area contributed by atoms with Crippen LogP contribution in [0.2, 0.25) is 0 Å². The van der Waals surface area contributed by atoms with Crippen LogP contribution in [0.1, 0.15) is 55.0 Å². The van der Waals surface area contributed by atoms with E-state index in [-0.39, 0.29) is 29.6 Å². The number of benzene rings is 1. The van der Waals surface area contributed by atoms with Crippen molar-refractivity contribution in [3.63, 3.8) is 0 Å². The summed E-state index contributed by atoms with van der Waals surface area (Å²) >= 11 is 0. The van der Waals surface area contributed by atoms with Gasteiger partial charge in [-0.2, -0.15) is 10.4 Å². The number of nitrogens with zero attached hydrogens (tertiary/aromatic N) is 6. The highest BCUT2D eigenvalue weighted by atomic mass is 32.2. The van der Waals surface area contributed by atoms with Gasteiger partial charge in [0.05, 0.1) is 44.6 Å². The summed E-state index contributed by atoms with van der Waals surface area (Å²) in [6.45, 7) is 7.08. The number of fused-ring (bicyclic) bond motifs is 5. The molecule has 0 saturated heterocycles. The van der Waals surface area contributed by atoms with E-state index >= 15 is 0 Å². The molecule has 2 aromatic heterocycles. The normalized spacial score (nSPS) is 19.9. The molecular formula is C24H29N7O3S. The van der Waals surface area contributed by atoms with Crippen LogP contribution in [0.4, 0.5) is 5.82 Å². The lowest BCUT2D eigenvalue weighted by Gasteiger charge is -2.22. The van der Waals surface area contributed by atoms with Gasteiger partial charge in [0.1, 0.15) is 23.6 Å². The zero-order valence-corrected chi connectivity index (χ0v) is 21.3. The van der Waals surface area contributed by atoms with Crippen molar-refractivity contribution in [1.29, 1.82) is 5.26 Å².